The van der Waals surface area contributed by atoms with E-state index in [-0.39, 0.29) is 5.75 Å². The van der Waals surface area contributed by atoms with Crippen molar-refractivity contribution in [3.8, 4) is 11.5 Å². The van der Waals surface area contributed by atoms with E-state index in [1.807, 2.05) is 24.3 Å². The first-order valence-electron chi connectivity index (χ1n) is 8.26. The summed E-state index contributed by atoms with van der Waals surface area (Å²) in [4.78, 5) is 4.14. The van der Waals surface area contributed by atoms with Crippen molar-refractivity contribution in [2.75, 3.05) is 20.8 Å². The molecule has 2 N–H and O–H groups in total. The van der Waals surface area contributed by atoms with Gasteiger partial charge in [-0.2, -0.15) is 13.2 Å². The van der Waals surface area contributed by atoms with Crippen LogP contribution in [0.5, 0.6) is 11.5 Å². The van der Waals surface area contributed by atoms with Crippen molar-refractivity contribution >= 4 is 5.96 Å². The van der Waals surface area contributed by atoms with Gasteiger partial charge in [-0.1, -0.05) is 30.3 Å². The number of nitrogens with zero attached hydrogens (tertiary/aromatic N) is 1. The molecule has 0 aliphatic heterocycles. The third-order valence-corrected chi connectivity index (χ3v) is 3.62. The Kier molecular flexibility index (Phi) is 7.34. The molecule has 0 fully saturated rings. The van der Waals surface area contributed by atoms with Crippen LogP contribution in [0.1, 0.15) is 11.1 Å². The molecule has 0 aliphatic rings. The van der Waals surface area contributed by atoms with Gasteiger partial charge in [-0.05, 0) is 23.8 Å². The molecule has 0 aromatic heterocycles. The van der Waals surface area contributed by atoms with Crippen LogP contribution in [0.2, 0.25) is 0 Å². The number of aliphatic imine (C=N–C) groups is 1. The van der Waals surface area contributed by atoms with Gasteiger partial charge in [0.05, 0.1) is 7.11 Å². The molecule has 2 aromatic rings. The molecule has 0 spiro atoms. The third kappa shape index (κ3) is 7.08. The number of halogens is 3. The number of rotatable bonds is 7. The van der Waals surface area contributed by atoms with Gasteiger partial charge >= 0.3 is 6.18 Å². The highest BCUT2D eigenvalue weighted by Crippen LogP contribution is 2.19. The van der Waals surface area contributed by atoms with Gasteiger partial charge < -0.3 is 20.1 Å². The predicted molar refractivity (Wildman–Crippen MR) is 98.0 cm³/mol. The molecule has 2 aromatic carbocycles. The summed E-state index contributed by atoms with van der Waals surface area (Å²) in [7, 11) is 3.25. The van der Waals surface area contributed by atoms with Gasteiger partial charge in [0, 0.05) is 25.7 Å². The molecule has 0 heterocycles. The SMILES string of the molecule is CN=C(NCc1cccc(OCC(F)(F)F)c1)NCc1ccccc1OC. The largest absolute Gasteiger partial charge is 0.496 e. The summed E-state index contributed by atoms with van der Waals surface area (Å²) in [6.07, 6.45) is -4.36. The number of methoxy groups -OCH3 is 1. The minimum Gasteiger partial charge on any atom is -0.496 e. The molecule has 0 bridgehead atoms. The zero-order valence-corrected chi connectivity index (χ0v) is 15.1. The Balaban J connectivity index is 1.88. The summed E-state index contributed by atoms with van der Waals surface area (Å²) < 4.78 is 46.8. The first-order valence-corrected chi connectivity index (χ1v) is 8.26. The smallest absolute Gasteiger partial charge is 0.422 e. The highest BCUT2D eigenvalue weighted by molar-refractivity contribution is 5.79. The van der Waals surface area contributed by atoms with Crippen molar-refractivity contribution in [3.63, 3.8) is 0 Å². The lowest BCUT2D eigenvalue weighted by Gasteiger charge is -2.14. The number of guanidine groups is 1. The van der Waals surface area contributed by atoms with Crippen LogP contribution >= 0.6 is 0 Å². The van der Waals surface area contributed by atoms with Gasteiger partial charge in [-0.25, -0.2) is 0 Å². The van der Waals surface area contributed by atoms with Crippen LogP contribution < -0.4 is 20.1 Å². The molecule has 27 heavy (non-hydrogen) atoms. The Morgan fingerprint density at radius 2 is 1.78 bits per heavy atom. The van der Waals surface area contributed by atoms with E-state index in [1.165, 1.54) is 6.07 Å². The van der Waals surface area contributed by atoms with Crippen molar-refractivity contribution < 1.29 is 22.6 Å². The van der Waals surface area contributed by atoms with Crippen LogP contribution in [-0.4, -0.2) is 32.9 Å². The fourth-order valence-corrected chi connectivity index (χ4v) is 2.34. The van der Waals surface area contributed by atoms with Gasteiger partial charge in [0.2, 0.25) is 0 Å². The van der Waals surface area contributed by atoms with Gasteiger partial charge in [0.1, 0.15) is 11.5 Å². The maximum atomic E-state index is 12.3. The van der Waals surface area contributed by atoms with Gasteiger partial charge in [0.15, 0.2) is 12.6 Å². The number of hydrogen-bond donors (Lipinski definition) is 2. The highest BCUT2D eigenvalue weighted by Gasteiger charge is 2.28. The van der Waals surface area contributed by atoms with Crippen molar-refractivity contribution in [2.24, 2.45) is 4.99 Å². The first-order chi connectivity index (χ1) is 12.9. The maximum Gasteiger partial charge on any atom is 0.422 e. The predicted octanol–water partition coefficient (Wildman–Crippen LogP) is 3.50. The Bertz CT molecular complexity index is 764. The number of hydrogen-bond acceptors (Lipinski definition) is 3. The highest BCUT2D eigenvalue weighted by atomic mass is 19.4. The van der Waals surface area contributed by atoms with Crippen LogP contribution in [0.25, 0.3) is 0 Å². The molecular formula is C19H22F3N3O2. The summed E-state index contributed by atoms with van der Waals surface area (Å²) in [5.41, 5.74) is 1.75. The van der Waals surface area contributed by atoms with Crippen LogP contribution in [-0.2, 0) is 13.1 Å². The van der Waals surface area contributed by atoms with E-state index >= 15 is 0 Å². The van der Waals surface area contributed by atoms with Crippen LogP contribution in [0.3, 0.4) is 0 Å². The second kappa shape index (κ2) is 9.70. The summed E-state index contributed by atoms with van der Waals surface area (Å²) in [5, 5.41) is 6.28. The van der Waals surface area contributed by atoms with E-state index in [0.29, 0.717) is 19.0 Å². The minimum absolute atomic E-state index is 0.170. The number of nitrogens with one attached hydrogen (secondary N) is 2. The van der Waals surface area contributed by atoms with Crippen LogP contribution in [0.4, 0.5) is 13.2 Å². The van der Waals surface area contributed by atoms with E-state index in [2.05, 4.69) is 15.6 Å². The van der Waals surface area contributed by atoms with Crippen LogP contribution in [0, 0.1) is 0 Å². The molecule has 0 amide bonds. The second-order valence-electron chi connectivity index (χ2n) is 5.64. The monoisotopic (exact) mass is 381 g/mol. The quantitative estimate of drug-likeness (QED) is 0.569. The fourth-order valence-electron chi connectivity index (χ4n) is 2.34. The van der Waals surface area contributed by atoms with Crippen molar-refractivity contribution in [1.29, 1.82) is 0 Å². The maximum absolute atomic E-state index is 12.3. The molecule has 0 radical (unpaired) electrons. The van der Waals surface area contributed by atoms with E-state index in [4.69, 9.17) is 9.47 Å². The number of benzene rings is 2. The second-order valence-corrected chi connectivity index (χ2v) is 5.64. The Hall–Kier alpha value is -2.90. The normalized spacial score (nSPS) is 11.8. The molecule has 2 rings (SSSR count). The van der Waals surface area contributed by atoms with Gasteiger partial charge in [-0.15, -0.1) is 0 Å². The van der Waals surface area contributed by atoms with Crippen molar-refractivity contribution in [3.05, 3.63) is 59.7 Å². The molecule has 8 heteroatoms. The van der Waals surface area contributed by atoms with Crippen molar-refractivity contribution in [2.45, 2.75) is 19.3 Å². The molecule has 146 valence electrons. The van der Waals surface area contributed by atoms with Crippen LogP contribution in [0.15, 0.2) is 53.5 Å². The summed E-state index contributed by atoms with van der Waals surface area (Å²) >= 11 is 0. The molecule has 0 unspecified atom stereocenters. The zero-order valence-electron chi connectivity index (χ0n) is 15.1. The number of para-hydroxylation sites is 1. The molecular weight excluding hydrogens is 359 g/mol. The first kappa shape index (κ1) is 20.4. The molecule has 0 aliphatic carbocycles. The average molecular weight is 381 g/mol. The lowest BCUT2D eigenvalue weighted by Crippen LogP contribution is -2.36. The lowest BCUT2D eigenvalue weighted by molar-refractivity contribution is -0.153. The molecule has 0 saturated carbocycles. The summed E-state index contributed by atoms with van der Waals surface area (Å²) in [5.74, 6) is 1.50. The van der Waals surface area contributed by atoms with E-state index < -0.39 is 12.8 Å². The Morgan fingerprint density at radius 3 is 2.48 bits per heavy atom. The summed E-state index contributed by atoms with van der Waals surface area (Å²) in [6.45, 7) is -0.417. The number of alkyl halides is 3. The Labute approximate surface area is 156 Å². The average Bonchev–Trinajstić information content (AvgIpc) is 2.66. The van der Waals surface area contributed by atoms with Crippen molar-refractivity contribution in [1.82, 2.24) is 10.6 Å². The summed E-state index contributed by atoms with van der Waals surface area (Å²) in [6, 6.07) is 14.1. The zero-order chi connectivity index (χ0) is 19.7. The molecule has 5 nitrogen and oxygen atoms in total. The standard InChI is InChI=1S/C19H22F3N3O2/c1-23-18(25-12-15-7-3-4-9-17(15)26-2)24-11-14-6-5-8-16(10-14)27-13-19(20,21)22/h3-10H,11-13H2,1-2H3,(H2,23,24,25). The number of ether oxygens (including phenoxy) is 2. The lowest BCUT2D eigenvalue weighted by atomic mass is 10.2. The van der Waals surface area contributed by atoms with Gasteiger partial charge in [0.25, 0.3) is 0 Å². The molecule has 0 atom stereocenters. The Morgan fingerprint density at radius 1 is 1.04 bits per heavy atom. The van der Waals surface area contributed by atoms with E-state index in [9.17, 15) is 13.2 Å². The van der Waals surface area contributed by atoms with E-state index in [1.54, 1.807) is 32.4 Å². The van der Waals surface area contributed by atoms with Gasteiger partial charge in [-0.3, -0.25) is 4.99 Å². The molecule has 0 saturated heterocycles. The van der Waals surface area contributed by atoms with E-state index in [0.717, 1.165) is 16.9 Å². The third-order valence-electron chi connectivity index (χ3n) is 3.62. The fraction of sp³-hybridized carbons (Fsp3) is 0.316. The minimum atomic E-state index is -4.36. The topological polar surface area (TPSA) is 54.9 Å².